The Bertz CT molecular complexity index is 721. The zero-order valence-corrected chi connectivity index (χ0v) is 17.2. The highest BCUT2D eigenvalue weighted by molar-refractivity contribution is 5.76. The number of piperidine rings is 1. The van der Waals surface area contributed by atoms with Gasteiger partial charge >= 0.3 is 0 Å². The lowest BCUT2D eigenvalue weighted by Crippen LogP contribution is -2.32. The second-order valence-corrected chi connectivity index (χ2v) is 7.79. The van der Waals surface area contributed by atoms with Crippen LogP contribution in [0.5, 0.6) is 0 Å². The molecule has 1 aliphatic rings. The van der Waals surface area contributed by atoms with Crippen molar-refractivity contribution in [1.29, 1.82) is 0 Å². The van der Waals surface area contributed by atoms with Crippen molar-refractivity contribution in [1.82, 2.24) is 4.90 Å². The Labute approximate surface area is 169 Å². The molecule has 0 atom stereocenters. The molecule has 2 aromatic rings. The van der Waals surface area contributed by atoms with Gasteiger partial charge in [0.05, 0.1) is 0 Å². The monoisotopic (exact) mass is 379 g/mol. The highest BCUT2D eigenvalue weighted by Gasteiger charge is 2.16. The van der Waals surface area contributed by atoms with Gasteiger partial charge in [-0.1, -0.05) is 37.3 Å². The van der Waals surface area contributed by atoms with E-state index in [0.29, 0.717) is 19.5 Å². The van der Waals surface area contributed by atoms with Gasteiger partial charge in [-0.15, -0.1) is 0 Å². The van der Waals surface area contributed by atoms with Crippen LogP contribution in [0.2, 0.25) is 0 Å². The molecule has 4 heteroatoms. The predicted molar refractivity (Wildman–Crippen MR) is 118 cm³/mol. The molecule has 0 bridgehead atoms. The van der Waals surface area contributed by atoms with E-state index >= 15 is 0 Å². The third-order valence-electron chi connectivity index (χ3n) is 5.63. The smallest absolute Gasteiger partial charge is 0.224 e. The molecule has 0 aliphatic carbocycles. The Balaban J connectivity index is 1.44. The summed E-state index contributed by atoms with van der Waals surface area (Å²) in [6.07, 6.45) is 3.06. The lowest BCUT2D eigenvalue weighted by Gasteiger charge is -2.32. The average Bonchev–Trinajstić information content (AvgIpc) is 2.74. The minimum atomic E-state index is 0.193. The molecule has 0 spiro atoms. The molecule has 2 aromatic carbocycles. The van der Waals surface area contributed by atoms with E-state index in [1.807, 2.05) is 30.0 Å². The van der Waals surface area contributed by atoms with Crippen LogP contribution in [0.3, 0.4) is 0 Å². The van der Waals surface area contributed by atoms with Crippen LogP contribution >= 0.6 is 0 Å². The largest absolute Gasteiger partial charge is 0.385 e. The maximum Gasteiger partial charge on any atom is 0.224 e. The summed E-state index contributed by atoms with van der Waals surface area (Å²) in [6, 6.07) is 18.8. The van der Waals surface area contributed by atoms with Gasteiger partial charge in [0.1, 0.15) is 0 Å². The molecule has 1 aliphatic heterocycles. The first kappa shape index (κ1) is 20.2. The Morgan fingerprint density at radius 3 is 2.39 bits per heavy atom. The number of benzene rings is 2. The summed E-state index contributed by atoms with van der Waals surface area (Å²) < 4.78 is 0. The van der Waals surface area contributed by atoms with Crippen molar-refractivity contribution < 1.29 is 4.79 Å². The van der Waals surface area contributed by atoms with Gasteiger partial charge in [0, 0.05) is 50.5 Å². The van der Waals surface area contributed by atoms with E-state index < -0.39 is 0 Å². The average molecular weight is 380 g/mol. The minimum Gasteiger partial charge on any atom is -0.385 e. The number of rotatable bonds is 8. The summed E-state index contributed by atoms with van der Waals surface area (Å²) >= 11 is 0. The third-order valence-corrected chi connectivity index (χ3v) is 5.63. The van der Waals surface area contributed by atoms with E-state index in [1.165, 1.54) is 24.1 Å². The van der Waals surface area contributed by atoms with Crippen LogP contribution in [0.1, 0.15) is 38.7 Å². The van der Waals surface area contributed by atoms with Crippen molar-refractivity contribution in [3.05, 3.63) is 60.2 Å². The first-order valence-electron chi connectivity index (χ1n) is 10.6. The lowest BCUT2D eigenvalue weighted by molar-refractivity contribution is -0.131. The summed E-state index contributed by atoms with van der Waals surface area (Å²) in [4.78, 5) is 16.9. The number of nitrogens with zero attached hydrogens (tertiary/aromatic N) is 2. The summed E-state index contributed by atoms with van der Waals surface area (Å²) in [5, 5.41) is 3.39. The van der Waals surface area contributed by atoms with Gasteiger partial charge in [0.25, 0.3) is 0 Å². The van der Waals surface area contributed by atoms with E-state index in [9.17, 15) is 4.79 Å². The molecule has 1 N–H and O–H groups in total. The molecular formula is C24H33N3O. The lowest BCUT2D eigenvalue weighted by atomic mass is 9.99. The van der Waals surface area contributed by atoms with Gasteiger partial charge in [0.2, 0.25) is 5.91 Å². The van der Waals surface area contributed by atoms with Gasteiger partial charge in [0.15, 0.2) is 0 Å². The molecule has 0 unspecified atom stereocenters. The minimum absolute atomic E-state index is 0.193. The highest BCUT2D eigenvalue weighted by Crippen LogP contribution is 2.24. The van der Waals surface area contributed by atoms with Gasteiger partial charge in [-0.3, -0.25) is 4.79 Å². The SMILES string of the molecule is CCN(Cc1ccccc1)C(=O)CCNc1ccc(N2CCC(C)CC2)cc1. The normalized spacial score (nSPS) is 14.7. The number of hydrogen-bond donors (Lipinski definition) is 1. The van der Waals surface area contributed by atoms with Gasteiger partial charge < -0.3 is 15.1 Å². The molecular weight excluding hydrogens is 346 g/mol. The summed E-state index contributed by atoms with van der Waals surface area (Å²) in [6.45, 7) is 8.74. The van der Waals surface area contributed by atoms with E-state index in [2.05, 4.69) is 53.5 Å². The number of hydrogen-bond acceptors (Lipinski definition) is 3. The van der Waals surface area contributed by atoms with Gasteiger partial charge in [-0.05, 0) is 55.5 Å². The Morgan fingerprint density at radius 2 is 1.75 bits per heavy atom. The molecule has 0 saturated carbocycles. The Hall–Kier alpha value is -2.49. The standard InChI is InChI=1S/C24H33N3O/c1-3-26(19-21-7-5-4-6-8-21)24(28)13-16-25-22-9-11-23(12-10-22)27-17-14-20(2)15-18-27/h4-12,20,25H,3,13-19H2,1-2H3. The molecule has 1 saturated heterocycles. The van der Waals surface area contributed by atoms with Crippen molar-refractivity contribution in [2.24, 2.45) is 5.92 Å². The number of nitrogens with one attached hydrogen (secondary N) is 1. The van der Waals surface area contributed by atoms with Crippen LogP contribution in [-0.4, -0.2) is 37.0 Å². The van der Waals surface area contributed by atoms with Crippen LogP contribution in [-0.2, 0) is 11.3 Å². The summed E-state index contributed by atoms with van der Waals surface area (Å²) in [5.74, 6) is 1.04. The molecule has 1 heterocycles. The second-order valence-electron chi connectivity index (χ2n) is 7.79. The maximum atomic E-state index is 12.5. The van der Waals surface area contributed by atoms with Crippen molar-refractivity contribution in [2.45, 2.75) is 39.7 Å². The van der Waals surface area contributed by atoms with Crippen LogP contribution in [0, 0.1) is 5.92 Å². The summed E-state index contributed by atoms with van der Waals surface area (Å²) in [7, 11) is 0. The Kier molecular flexibility index (Phi) is 7.35. The Morgan fingerprint density at radius 1 is 1.07 bits per heavy atom. The van der Waals surface area contributed by atoms with E-state index in [4.69, 9.17) is 0 Å². The predicted octanol–water partition coefficient (Wildman–Crippen LogP) is 4.77. The summed E-state index contributed by atoms with van der Waals surface area (Å²) in [5.41, 5.74) is 3.55. The second kappa shape index (κ2) is 10.2. The number of carbonyl (C=O) groups is 1. The van der Waals surface area contributed by atoms with Crippen molar-refractivity contribution in [3.8, 4) is 0 Å². The topological polar surface area (TPSA) is 35.6 Å². The molecule has 1 amide bonds. The molecule has 0 radical (unpaired) electrons. The van der Waals surface area contributed by atoms with Crippen molar-refractivity contribution >= 4 is 17.3 Å². The first-order chi connectivity index (χ1) is 13.7. The number of anilines is 2. The van der Waals surface area contributed by atoms with Crippen LogP contribution in [0.4, 0.5) is 11.4 Å². The zero-order chi connectivity index (χ0) is 19.8. The molecule has 3 rings (SSSR count). The van der Waals surface area contributed by atoms with Crippen molar-refractivity contribution in [3.63, 3.8) is 0 Å². The highest BCUT2D eigenvalue weighted by atomic mass is 16.2. The first-order valence-corrected chi connectivity index (χ1v) is 10.6. The zero-order valence-electron chi connectivity index (χ0n) is 17.2. The fraction of sp³-hybridized carbons (Fsp3) is 0.458. The molecule has 4 nitrogen and oxygen atoms in total. The number of carbonyl (C=O) groups excluding carboxylic acids is 1. The van der Waals surface area contributed by atoms with Gasteiger partial charge in [-0.25, -0.2) is 0 Å². The van der Waals surface area contributed by atoms with Gasteiger partial charge in [-0.2, -0.15) is 0 Å². The number of amides is 1. The fourth-order valence-electron chi connectivity index (χ4n) is 3.71. The van der Waals surface area contributed by atoms with Crippen LogP contribution < -0.4 is 10.2 Å². The fourth-order valence-corrected chi connectivity index (χ4v) is 3.71. The van der Waals surface area contributed by atoms with E-state index in [0.717, 1.165) is 31.2 Å². The van der Waals surface area contributed by atoms with Crippen molar-refractivity contribution in [2.75, 3.05) is 36.4 Å². The van der Waals surface area contributed by atoms with Crippen LogP contribution in [0.15, 0.2) is 54.6 Å². The third kappa shape index (κ3) is 5.75. The van der Waals surface area contributed by atoms with E-state index in [-0.39, 0.29) is 5.91 Å². The quantitative estimate of drug-likeness (QED) is 0.717. The maximum absolute atomic E-state index is 12.5. The molecule has 1 fully saturated rings. The van der Waals surface area contributed by atoms with Crippen LogP contribution in [0.25, 0.3) is 0 Å². The molecule has 0 aromatic heterocycles. The molecule has 28 heavy (non-hydrogen) atoms. The molecule has 150 valence electrons. The van der Waals surface area contributed by atoms with E-state index in [1.54, 1.807) is 0 Å².